The topological polar surface area (TPSA) is 49.4 Å². The van der Waals surface area contributed by atoms with E-state index in [4.69, 9.17) is 23.2 Å². The lowest BCUT2D eigenvalue weighted by molar-refractivity contribution is -0.139. The van der Waals surface area contributed by atoms with Gasteiger partial charge in [0.15, 0.2) is 0 Å². The van der Waals surface area contributed by atoms with Crippen LogP contribution in [0.25, 0.3) is 0 Å². The number of benzene rings is 3. The maximum atomic E-state index is 13.7. The van der Waals surface area contributed by atoms with Crippen LogP contribution in [0.4, 0.5) is 0 Å². The summed E-state index contributed by atoms with van der Waals surface area (Å²) < 4.78 is 1.01. The van der Waals surface area contributed by atoms with Gasteiger partial charge in [0.05, 0.1) is 5.75 Å². The molecule has 8 heteroatoms. The molecule has 0 radical (unpaired) electrons. The van der Waals surface area contributed by atoms with Crippen LogP contribution in [0.5, 0.6) is 0 Å². The maximum Gasteiger partial charge on any atom is 0.243 e. The molecule has 190 valence electrons. The highest BCUT2D eigenvalue weighted by atomic mass is 79.9. The first-order valence-corrected chi connectivity index (χ1v) is 14.3. The number of amides is 2. The van der Waals surface area contributed by atoms with E-state index < -0.39 is 6.04 Å². The predicted molar refractivity (Wildman–Crippen MR) is 155 cm³/mol. The molecule has 0 fully saturated rings. The Hall–Kier alpha value is -1.99. The van der Waals surface area contributed by atoms with Crippen LogP contribution in [0, 0.1) is 0 Å². The van der Waals surface area contributed by atoms with E-state index in [0.717, 1.165) is 15.6 Å². The van der Waals surface area contributed by atoms with Crippen LogP contribution in [0.3, 0.4) is 0 Å². The number of nitrogens with one attached hydrogen (secondary N) is 1. The third-order valence-electron chi connectivity index (χ3n) is 5.50. The Kier molecular flexibility index (Phi) is 11.2. The molecular weight excluding hydrogens is 579 g/mol. The van der Waals surface area contributed by atoms with E-state index in [1.807, 2.05) is 68.4 Å². The van der Waals surface area contributed by atoms with Crippen molar-refractivity contribution in [2.45, 2.75) is 44.6 Å². The van der Waals surface area contributed by atoms with Crippen LogP contribution < -0.4 is 5.32 Å². The summed E-state index contributed by atoms with van der Waals surface area (Å²) in [5.74, 6) is 0.552. The van der Waals surface area contributed by atoms with Gasteiger partial charge in [-0.3, -0.25) is 9.59 Å². The lowest BCUT2D eigenvalue weighted by atomic mass is 10.0. The van der Waals surface area contributed by atoms with Gasteiger partial charge >= 0.3 is 0 Å². The smallest absolute Gasteiger partial charge is 0.243 e. The van der Waals surface area contributed by atoms with Crippen molar-refractivity contribution < 1.29 is 9.59 Å². The lowest BCUT2D eigenvalue weighted by Crippen LogP contribution is -2.52. The summed E-state index contributed by atoms with van der Waals surface area (Å²) in [4.78, 5) is 28.7. The molecule has 0 saturated carbocycles. The molecule has 1 atom stereocenters. The Labute approximate surface area is 235 Å². The van der Waals surface area contributed by atoms with Gasteiger partial charge < -0.3 is 10.2 Å². The molecule has 4 nitrogen and oxygen atoms in total. The fraction of sp³-hybridized carbons (Fsp3) is 0.286. The van der Waals surface area contributed by atoms with Crippen molar-refractivity contribution >= 4 is 62.7 Å². The van der Waals surface area contributed by atoms with Crippen LogP contribution >= 0.6 is 50.9 Å². The Balaban J connectivity index is 1.89. The molecule has 0 spiro atoms. The third kappa shape index (κ3) is 8.55. The number of halogens is 3. The van der Waals surface area contributed by atoms with E-state index in [1.54, 1.807) is 23.1 Å². The molecule has 0 aliphatic heterocycles. The van der Waals surface area contributed by atoms with Crippen molar-refractivity contribution in [2.24, 2.45) is 0 Å². The summed E-state index contributed by atoms with van der Waals surface area (Å²) in [6, 6.07) is 22.2. The van der Waals surface area contributed by atoms with E-state index >= 15 is 0 Å². The standard InChI is InChI=1S/C28H29BrCl2N2O2S/c1-19(2)32-28(35)26(15-20-7-4-3-5-8-20)33(16-23-24(30)9-6-10-25(23)31)27(34)18-36-17-21-11-13-22(29)14-12-21/h3-14,19,26H,15-18H2,1-2H3,(H,32,35). The van der Waals surface area contributed by atoms with Gasteiger partial charge in [-0.15, -0.1) is 11.8 Å². The number of carbonyl (C=O) groups is 2. The average molecular weight is 608 g/mol. The van der Waals surface area contributed by atoms with Crippen LogP contribution in [0.1, 0.15) is 30.5 Å². The Morgan fingerprint density at radius 1 is 0.917 bits per heavy atom. The summed E-state index contributed by atoms with van der Waals surface area (Å²) >= 11 is 17.9. The minimum atomic E-state index is -0.720. The van der Waals surface area contributed by atoms with E-state index in [2.05, 4.69) is 21.2 Å². The number of nitrogens with zero attached hydrogens (tertiary/aromatic N) is 1. The second-order valence-electron chi connectivity index (χ2n) is 8.71. The van der Waals surface area contributed by atoms with Crippen molar-refractivity contribution in [2.75, 3.05) is 5.75 Å². The van der Waals surface area contributed by atoms with E-state index in [1.165, 1.54) is 11.8 Å². The largest absolute Gasteiger partial charge is 0.352 e. The Morgan fingerprint density at radius 3 is 2.17 bits per heavy atom. The number of rotatable bonds is 11. The monoisotopic (exact) mass is 606 g/mol. The molecule has 1 N–H and O–H groups in total. The fourth-order valence-corrected chi connectivity index (χ4v) is 5.36. The molecule has 36 heavy (non-hydrogen) atoms. The highest BCUT2D eigenvalue weighted by Crippen LogP contribution is 2.28. The van der Waals surface area contributed by atoms with Crippen molar-refractivity contribution in [1.82, 2.24) is 10.2 Å². The zero-order valence-corrected chi connectivity index (χ0v) is 24.1. The Morgan fingerprint density at radius 2 is 1.56 bits per heavy atom. The molecule has 0 saturated heterocycles. The second kappa shape index (κ2) is 14.1. The van der Waals surface area contributed by atoms with Gasteiger partial charge in [0.2, 0.25) is 11.8 Å². The summed E-state index contributed by atoms with van der Waals surface area (Å²) in [5, 5.41) is 3.92. The van der Waals surface area contributed by atoms with E-state index in [9.17, 15) is 9.59 Å². The summed E-state index contributed by atoms with van der Waals surface area (Å²) in [6.07, 6.45) is 0.380. The molecular formula is C28H29BrCl2N2O2S. The van der Waals surface area contributed by atoms with Gasteiger partial charge in [0.25, 0.3) is 0 Å². The Bertz CT molecular complexity index is 1140. The molecule has 3 rings (SSSR count). The molecule has 0 bridgehead atoms. The van der Waals surface area contributed by atoms with Crippen LogP contribution in [-0.2, 0) is 28.3 Å². The zero-order chi connectivity index (χ0) is 26.1. The first-order valence-electron chi connectivity index (χ1n) is 11.6. The van der Waals surface area contributed by atoms with Gasteiger partial charge in [-0.2, -0.15) is 0 Å². The molecule has 3 aromatic rings. The van der Waals surface area contributed by atoms with Crippen LogP contribution in [-0.4, -0.2) is 34.6 Å². The first kappa shape index (κ1) is 28.6. The molecule has 0 aliphatic rings. The SMILES string of the molecule is CC(C)NC(=O)C(Cc1ccccc1)N(Cc1c(Cl)cccc1Cl)C(=O)CSCc1ccc(Br)cc1. The summed E-state index contributed by atoms with van der Waals surface area (Å²) in [7, 11) is 0. The summed E-state index contributed by atoms with van der Waals surface area (Å²) in [6.45, 7) is 3.95. The average Bonchev–Trinajstić information content (AvgIpc) is 2.84. The maximum absolute atomic E-state index is 13.7. The number of thioether (sulfide) groups is 1. The van der Waals surface area contributed by atoms with Crippen LogP contribution in [0.15, 0.2) is 77.3 Å². The minimum Gasteiger partial charge on any atom is -0.352 e. The minimum absolute atomic E-state index is 0.0663. The van der Waals surface area contributed by atoms with Gasteiger partial charge in [-0.1, -0.05) is 87.7 Å². The molecule has 0 heterocycles. The first-order chi connectivity index (χ1) is 17.2. The third-order valence-corrected chi connectivity index (χ3v) is 7.73. The van der Waals surface area contributed by atoms with Crippen molar-refractivity contribution in [3.63, 3.8) is 0 Å². The van der Waals surface area contributed by atoms with Crippen molar-refractivity contribution in [3.8, 4) is 0 Å². The highest BCUT2D eigenvalue weighted by Gasteiger charge is 2.31. The van der Waals surface area contributed by atoms with Gasteiger partial charge in [-0.25, -0.2) is 0 Å². The van der Waals surface area contributed by atoms with E-state index in [-0.39, 0.29) is 30.2 Å². The summed E-state index contributed by atoms with van der Waals surface area (Å²) in [5.41, 5.74) is 2.71. The highest BCUT2D eigenvalue weighted by molar-refractivity contribution is 9.10. The number of hydrogen-bond donors (Lipinski definition) is 1. The molecule has 0 aromatic heterocycles. The predicted octanol–water partition coefficient (Wildman–Crippen LogP) is 7.15. The fourth-order valence-electron chi connectivity index (χ4n) is 3.71. The van der Waals surface area contributed by atoms with E-state index in [0.29, 0.717) is 27.8 Å². The molecule has 0 aliphatic carbocycles. The van der Waals surface area contributed by atoms with Gasteiger partial charge in [0, 0.05) is 44.8 Å². The molecule has 1 unspecified atom stereocenters. The van der Waals surface area contributed by atoms with Gasteiger partial charge in [0.1, 0.15) is 6.04 Å². The van der Waals surface area contributed by atoms with Crippen molar-refractivity contribution in [3.05, 3.63) is 104 Å². The van der Waals surface area contributed by atoms with Gasteiger partial charge in [-0.05, 0) is 49.2 Å². The molecule has 2 amide bonds. The second-order valence-corrected chi connectivity index (χ2v) is 11.4. The quantitative estimate of drug-likeness (QED) is 0.252. The normalized spacial score (nSPS) is 11.8. The van der Waals surface area contributed by atoms with Crippen LogP contribution in [0.2, 0.25) is 10.0 Å². The van der Waals surface area contributed by atoms with Crippen molar-refractivity contribution in [1.29, 1.82) is 0 Å². The number of hydrogen-bond acceptors (Lipinski definition) is 3. The lowest BCUT2D eigenvalue weighted by Gasteiger charge is -2.32. The number of carbonyl (C=O) groups excluding carboxylic acids is 2. The molecule has 3 aromatic carbocycles. The zero-order valence-electron chi connectivity index (χ0n) is 20.2.